The standard InChI is InChI=1S/C23H28N2O5/c1-5-25(14-17-8-11-19-20(12-17)29-15-28-19)21(26)18-9-6-16(7-10-18)13-24-22(27)30-23(2,3)4/h6-12H,5,13-15H2,1-4H3,(H,24,27). The molecule has 1 heterocycles. The van der Waals surface area contributed by atoms with Crippen molar-refractivity contribution in [1.82, 2.24) is 10.2 Å². The second-order valence-corrected chi connectivity index (χ2v) is 8.06. The molecule has 0 spiro atoms. The van der Waals surface area contributed by atoms with Gasteiger partial charge in [0.05, 0.1) is 0 Å². The summed E-state index contributed by atoms with van der Waals surface area (Å²) >= 11 is 0. The smallest absolute Gasteiger partial charge is 0.407 e. The van der Waals surface area contributed by atoms with Gasteiger partial charge >= 0.3 is 6.09 Å². The molecule has 3 rings (SSSR count). The Labute approximate surface area is 176 Å². The fraction of sp³-hybridized carbons (Fsp3) is 0.391. The zero-order valence-electron chi connectivity index (χ0n) is 17.9. The maximum atomic E-state index is 12.9. The predicted octanol–water partition coefficient (Wildman–Crippen LogP) is 4.10. The first kappa shape index (κ1) is 21.5. The van der Waals surface area contributed by atoms with Gasteiger partial charge in [-0.1, -0.05) is 18.2 Å². The molecule has 1 N–H and O–H groups in total. The van der Waals surface area contributed by atoms with E-state index in [4.69, 9.17) is 14.2 Å². The monoisotopic (exact) mass is 412 g/mol. The van der Waals surface area contributed by atoms with Crippen molar-refractivity contribution in [3.8, 4) is 11.5 Å². The van der Waals surface area contributed by atoms with Crippen LogP contribution in [0.5, 0.6) is 11.5 Å². The quantitative estimate of drug-likeness (QED) is 0.773. The van der Waals surface area contributed by atoms with Crippen molar-refractivity contribution >= 4 is 12.0 Å². The van der Waals surface area contributed by atoms with Gasteiger partial charge in [-0.3, -0.25) is 4.79 Å². The Morgan fingerprint density at radius 1 is 1.03 bits per heavy atom. The zero-order chi connectivity index (χ0) is 21.7. The molecule has 160 valence electrons. The largest absolute Gasteiger partial charge is 0.454 e. The molecule has 7 nitrogen and oxygen atoms in total. The maximum Gasteiger partial charge on any atom is 0.407 e. The molecule has 0 unspecified atom stereocenters. The van der Waals surface area contributed by atoms with Crippen LogP contribution in [-0.2, 0) is 17.8 Å². The summed E-state index contributed by atoms with van der Waals surface area (Å²) in [6.45, 7) is 9.01. The molecule has 2 aromatic rings. The lowest BCUT2D eigenvalue weighted by Gasteiger charge is -2.21. The van der Waals surface area contributed by atoms with E-state index in [1.54, 1.807) is 17.0 Å². The van der Waals surface area contributed by atoms with Crippen LogP contribution in [0.3, 0.4) is 0 Å². The molecule has 2 amide bonds. The molecule has 30 heavy (non-hydrogen) atoms. The Hall–Kier alpha value is -3.22. The van der Waals surface area contributed by atoms with Gasteiger partial charge in [0.2, 0.25) is 6.79 Å². The average molecular weight is 412 g/mol. The number of amides is 2. The Morgan fingerprint density at radius 2 is 1.70 bits per heavy atom. The summed E-state index contributed by atoms with van der Waals surface area (Å²) in [7, 11) is 0. The summed E-state index contributed by atoms with van der Waals surface area (Å²) in [5.74, 6) is 1.38. The molecule has 2 aromatic carbocycles. The number of benzene rings is 2. The van der Waals surface area contributed by atoms with Crippen molar-refractivity contribution in [1.29, 1.82) is 0 Å². The third kappa shape index (κ3) is 5.65. The second kappa shape index (κ2) is 9.07. The molecule has 0 fully saturated rings. The fourth-order valence-electron chi connectivity index (χ4n) is 3.02. The van der Waals surface area contributed by atoms with E-state index in [1.165, 1.54) is 0 Å². The van der Waals surface area contributed by atoms with E-state index in [-0.39, 0.29) is 12.7 Å². The van der Waals surface area contributed by atoms with Crippen LogP contribution in [0, 0.1) is 0 Å². The first-order valence-corrected chi connectivity index (χ1v) is 9.99. The highest BCUT2D eigenvalue weighted by atomic mass is 16.7. The number of alkyl carbamates (subject to hydrolysis) is 1. The van der Waals surface area contributed by atoms with Crippen molar-refractivity contribution in [3.63, 3.8) is 0 Å². The minimum absolute atomic E-state index is 0.0539. The van der Waals surface area contributed by atoms with Gasteiger partial charge in [0.1, 0.15) is 5.60 Å². The van der Waals surface area contributed by atoms with Gasteiger partial charge in [-0.25, -0.2) is 4.79 Å². The lowest BCUT2D eigenvalue weighted by atomic mass is 10.1. The summed E-state index contributed by atoms with van der Waals surface area (Å²) < 4.78 is 16.0. The van der Waals surface area contributed by atoms with E-state index >= 15 is 0 Å². The molecule has 1 aliphatic heterocycles. The van der Waals surface area contributed by atoms with Crippen LogP contribution in [0.15, 0.2) is 42.5 Å². The van der Waals surface area contributed by atoms with Crippen molar-refractivity contribution < 1.29 is 23.8 Å². The zero-order valence-corrected chi connectivity index (χ0v) is 17.9. The molecule has 0 aromatic heterocycles. The molecular weight excluding hydrogens is 384 g/mol. The molecule has 0 aliphatic carbocycles. The van der Waals surface area contributed by atoms with Gasteiger partial charge in [0.25, 0.3) is 5.91 Å². The van der Waals surface area contributed by atoms with Crippen LogP contribution in [0.25, 0.3) is 0 Å². The van der Waals surface area contributed by atoms with E-state index in [0.717, 1.165) is 16.9 Å². The summed E-state index contributed by atoms with van der Waals surface area (Å²) in [4.78, 5) is 26.5. The Kier molecular flexibility index (Phi) is 6.50. The molecule has 0 atom stereocenters. The molecular formula is C23H28N2O5. The number of hydrogen-bond donors (Lipinski definition) is 1. The lowest BCUT2D eigenvalue weighted by molar-refractivity contribution is 0.0523. The normalized spacial score (nSPS) is 12.4. The van der Waals surface area contributed by atoms with Crippen LogP contribution in [0.1, 0.15) is 49.2 Å². The van der Waals surface area contributed by atoms with Gasteiger partial charge in [-0.2, -0.15) is 0 Å². The van der Waals surface area contributed by atoms with E-state index in [0.29, 0.717) is 30.9 Å². The summed E-state index contributed by atoms with van der Waals surface area (Å²) in [5, 5.41) is 2.71. The van der Waals surface area contributed by atoms with Crippen molar-refractivity contribution in [3.05, 3.63) is 59.2 Å². The van der Waals surface area contributed by atoms with Crippen LogP contribution >= 0.6 is 0 Å². The van der Waals surface area contributed by atoms with Crippen LogP contribution < -0.4 is 14.8 Å². The lowest BCUT2D eigenvalue weighted by Crippen LogP contribution is -2.32. The summed E-state index contributed by atoms with van der Waals surface area (Å²) in [5.41, 5.74) is 1.92. The molecule has 0 bridgehead atoms. The topological polar surface area (TPSA) is 77.1 Å². The number of carbonyl (C=O) groups is 2. The molecule has 0 saturated heterocycles. The molecule has 0 radical (unpaired) electrons. The number of nitrogens with zero attached hydrogens (tertiary/aromatic N) is 1. The number of fused-ring (bicyclic) bond motifs is 1. The Morgan fingerprint density at radius 3 is 2.37 bits per heavy atom. The Bertz CT molecular complexity index is 903. The van der Waals surface area contributed by atoms with E-state index in [9.17, 15) is 9.59 Å². The fourth-order valence-corrected chi connectivity index (χ4v) is 3.02. The highest BCUT2D eigenvalue weighted by Gasteiger charge is 2.18. The van der Waals surface area contributed by atoms with Crippen molar-refractivity contribution in [2.24, 2.45) is 0 Å². The maximum absolute atomic E-state index is 12.9. The average Bonchev–Trinajstić information content (AvgIpc) is 3.17. The van der Waals surface area contributed by atoms with Gasteiger partial charge in [-0.15, -0.1) is 0 Å². The third-order valence-electron chi connectivity index (χ3n) is 4.52. The third-order valence-corrected chi connectivity index (χ3v) is 4.52. The predicted molar refractivity (Wildman–Crippen MR) is 112 cm³/mol. The molecule has 0 saturated carbocycles. The van der Waals surface area contributed by atoms with Crippen LogP contribution in [0.4, 0.5) is 4.79 Å². The number of ether oxygens (including phenoxy) is 3. The Balaban J connectivity index is 1.59. The summed E-state index contributed by atoms with van der Waals surface area (Å²) in [6, 6.07) is 12.9. The van der Waals surface area contributed by atoms with Gasteiger partial charge < -0.3 is 24.4 Å². The number of carbonyl (C=O) groups excluding carboxylic acids is 2. The van der Waals surface area contributed by atoms with Gasteiger partial charge in [0, 0.05) is 25.2 Å². The SMILES string of the molecule is CCN(Cc1ccc2c(c1)OCO2)C(=O)c1ccc(CNC(=O)OC(C)(C)C)cc1. The molecule has 7 heteroatoms. The highest BCUT2D eigenvalue weighted by Crippen LogP contribution is 2.32. The van der Waals surface area contributed by atoms with E-state index in [1.807, 2.05) is 58.0 Å². The van der Waals surface area contributed by atoms with Crippen molar-refractivity contribution in [2.75, 3.05) is 13.3 Å². The van der Waals surface area contributed by atoms with E-state index in [2.05, 4.69) is 5.32 Å². The first-order valence-electron chi connectivity index (χ1n) is 9.99. The minimum atomic E-state index is -0.540. The molecule has 1 aliphatic rings. The first-order chi connectivity index (χ1) is 14.2. The van der Waals surface area contributed by atoms with Crippen LogP contribution in [-0.4, -0.2) is 35.8 Å². The minimum Gasteiger partial charge on any atom is -0.454 e. The van der Waals surface area contributed by atoms with Gasteiger partial charge in [-0.05, 0) is 63.1 Å². The van der Waals surface area contributed by atoms with Crippen molar-refractivity contribution in [2.45, 2.75) is 46.4 Å². The van der Waals surface area contributed by atoms with Gasteiger partial charge in [0.15, 0.2) is 11.5 Å². The van der Waals surface area contributed by atoms with Crippen LogP contribution in [0.2, 0.25) is 0 Å². The second-order valence-electron chi connectivity index (χ2n) is 8.06. The number of rotatable bonds is 6. The number of hydrogen-bond acceptors (Lipinski definition) is 5. The summed E-state index contributed by atoms with van der Waals surface area (Å²) in [6.07, 6.45) is -0.469. The number of nitrogens with one attached hydrogen (secondary N) is 1. The van der Waals surface area contributed by atoms with E-state index < -0.39 is 11.7 Å². The highest BCUT2D eigenvalue weighted by molar-refractivity contribution is 5.94.